The highest BCUT2D eigenvalue weighted by atomic mass is 32.2. The van der Waals surface area contributed by atoms with Crippen molar-refractivity contribution in [3.63, 3.8) is 0 Å². The molecule has 0 heterocycles. The fraction of sp³-hybridized carbons (Fsp3) is 0.0952. The van der Waals surface area contributed by atoms with E-state index in [-0.39, 0.29) is 10.6 Å². The zero-order chi connectivity index (χ0) is 19.1. The van der Waals surface area contributed by atoms with Crippen molar-refractivity contribution in [1.29, 1.82) is 0 Å². The van der Waals surface area contributed by atoms with Gasteiger partial charge in [0.1, 0.15) is 16.4 Å². The number of nitrogens with zero attached hydrogens (tertiary/aromatic N) is 1. The quantitative estimate of drug-likeness (QED) is 0.443. The molecule has 0 saturated carbocycles. The Hall–Kier alpha value is -3.12. The second-order valence-corrected chi connectivity index (χ2v) is 7.15. The molecule has 0 fully saturated rings. The summed E-state index contributed by atoms with van der Waals surface area (Å²) in [7, 11) is -3.84. The van der Waals surface area contributed by atoms with Crippen molar-refractivity contribution in [2.45, 2.75) is 11.8 Å². The number of aliphatic imine (C=N–C) groups is 1. The van der Waals surface area contributed by atoms with E-state index in [9.17, 15) is 8.42 Å². The summed E-state index contributed by atoms with van der Waals surface area (Å²) in [5.41, 5.74) is 1.62. The first kappa shape index (κ1) is 18.7. The number of rotatable bonds is 7. The maximum atomic E-state index is 12.2. The summed E-state index contributed by atoms with van der Waals surface area (Å²) < 4.78 is 35.0. The Morgan fingerprint density at radius 1 is 0.852 bits per heavy atom. The number of ether oxygens (including phenoxy) is 1. The molecule has 5 nitrogen and oxygen atoms in total. The topological polar surface area (TPSA) is 65.0 Å². The monoisotopic (exact) mass is 381 g/mol. The van der Waals surface area contributed by atoms with E-state index in [1.165, 1.54) is 12.1 Å². The van der Waals surface area contributed by atoms with Gasteiger partial charge in [0.05, 0.1) is 12.3 Å². The molecule has 3 aromatic rings. The number of benzene rings is 3. The molecule has 0 aliphatic carbocycles. The van der Waals surface area contributed by atoms with Crippen LogP contribution in [0.1, 0.15) is 12.5 Å². The number of hydrogen-bond acceptors (Lipinski definition) is 5. The van der Waals surface area contributed by atoms with Crippen LogP contribution in [-0.2, 0) is 10.1 Å². The van der Waals surface area contributed by atoms with E-state index in [0.717, 1.165) is 17.0 Å². The average Bonchev–Trinajstić information content (AvgIpc) is 2.69. The molecule has 138 valence electrons. The fourth-order valence-corrected chi connectivity index (χ4v) is 3.27. The molecule has 0 spiro atoms. The Bertz CT molecular complexity index is 996. The first-order valence-corrected chi connectivity index (χ1v) is 9.84. The van der Waals surface area contributed by atoms with Crippen LogP contribution in [0, 0.1) is 0 Å². The van der Waals surface area contributed by atoms with Gasteiger partial charge in [0, 0.05) is 6.21 Å². The minimum absolute atomic E-state index is 0.117. The van der Waals surface area contributed by atoms with Crippen LogP contribution in [0.4, 0.5) is 5.69 Å². The summed E-state index contributed by atoms with van der Waals surface area (Å²) in [4.78, 5) is 4.51. The highest BCUT2D eigenvalue weighted by Gasteiger charge is 2.15. The van der Waals surface area contributed by atoms with Crippen LogP contribution in [-0.4, -0.2) is 21.2 Å². The van der Waals surface area contributed by atoms with Crippen LogP contribution in [0.2, 0.25) is 0 Å². The first-order chi connectivity index (χ1) is 13.1. The SMILES string of the molecule is CCOc1ccc(N=Cc2ccc(OS(=O)(=O)c3ccccc3)cc2)cc1. The molecular weight excluding hydrogens is 362 g/mol. The van der Waals surface area contributed by atoms with E-state index >= 15 is 0 Å². The van der Waals surface area contributed by atoms with Crippen molar-refractivity contribution in [2.75, 3.05) is 6.61 Å². The summed E-state index contributed by atoms with van der Waals surface area (Å²) in [5, 5.41) is 0. The number of hydrogen-bond donors (Lipinski definition) is 0. The summed E-state index contributed by atoms with van der Waals surface area (Å²) in [6.07, 6.45) is 1.70. The summed E-state index contributed by atoms with van der Waals surface area (Å²) in [6, 6.07) is 22.2. The van der Waals surface area contributed by atoms with Gasteiger partial charge in [-0.15, -0.1) is 0 Å². The van der Waals surface area contributed by atoms with Gasteiger partial charge in [-0.2, -0.15) is 8.42 Å². The minimum atomic E-state index is -3.84. The molecule has 0 bridgehead atoms. The lowest BCUT2D eigenvalue weighted by molar-refractivity contribution is 0.340. The molecule has 0 radical (unpaired) electrons. The zero-order valence-corrected chi connectivity index (χ0v) is 15.6. The Kier molecular flexibility index (Phi) is 5.88. The van der Waals surface area contributed by atoms with Crippen molar-refractivity contribution in [3.05, 3.63) is 84.4 Å². The highest BCUT2D eigenvalue weighted by molar-refractivity contribution is 7.87. The molecule has 0 aliphatic rings. The van der Waals surface area contributed by atoms with Crippen LogP contribution >= 0.6 is 0 Å². The third-order valence-electron chi connectivity index (χ3n) is 3.63. The third kappa shape index (κ3) is 5.18. The zero-order valence-electron chi connectivity index (χ0n) is 14.8. The van der Waals surface area contributed by atoms with Gasteiger partial charge in [-0.3, -0.25) is 4.99 Å². The molecule has 0 amide bonds. The van der Waals surface area contributed by atoms with Gasteiger partial charge >= 0.3 is 10.1 Å². The van der Waals surface area contributed by atoms with Crippen LogP contribution < -0.4 is 8.92 Å². The fourth-order valence-electron chi connectivity index (χ4n) is 2.32. The minimum Gasteiger partial charge on any atom is -0.494 e. The van der Waals surface area contributed by atoms with Crippen molar-refractivity contribution < 1.29 is 17.3 Å². The molecule has 6 heteroatoms. The largest absolute Gasteiger partial charge is 0.494 e. The Morgan fingerprint density at radius 3 is 2.11 bits per heavy atom. The Balaban J connectivity index is 1.66. The molecule has 0 unspecified atom stereocenters. The van der Waals surface area contributed by atoms with Crippen LogP contribution in [0.15, 0.2) is 88.8 Å². The van der Waals surface area contributed by atoms with Gasteiger partial charge in [0.15, 0.2) is 0 Å². The third-order valence-corrected chi connectivity index (χ3v) is 4.89. The maximum Gasteiger partial charge on any atom is 0.339 e. The Morgan fingerprint density at radius 2 is 1.48 bits per heavy atom. The van der Waals surface area contributed by atoms with E-state index < -0.39 is 10.1 Å². The van der Waals surface area contributed by atoms with E-state index in [0.29, 0.717) is 6.61 Å². The molecule has 0 saturated heterocycles. The molecule has 0 atom stereocenters. The molecular formula is C21H19NO4S. The molecule has 0 aromatic heterocycles. The standard InChI is InChI=1S/C21H19NO4S/c1-2-25-19-14-10-18(11-15-19)22-16-17-8-12-20(13-9-17)26-27(23,24)21-6-4-3-5-7-21/h3-16H,2H2,1H3. The van der Waals surface area contributed by atoms with E-state index in [1.807, 2.05) is 31.2 Å². The highest BCUT2D eigenvalue weighted by Crippen LogP contribution is 2.20. The van der Waals surface area contributed by atoms with Crippen molar-refractivity contribution in [1.82, 2.24) is 0 Å². The van der Waals surface area contributed by atoms with Crippen LogP contribution in [0.25, 0.3) is 0 Å². The van der Waals surface area contributed by atoms with Gasteiger partial charge in [-0.25, -0.2) is 0 Å². The predicted molar refractivity (Wildman–Crippen MR) is 106 cm³/mol. The molecule has 3 rings (SSSR count). The predicted octanol–water partition coefficient (Wildman–Crippen LogP) is 4.60. The van der Waals surface area contributed by atoms with Gasteiger partial charge in [-0.1, -0.05) is 18.2 Å². The van der Waals surface area contributed by atoms with Crippen LogP contribution in [0.5, 0.6) is 11.5 Å². The summed E-state index contributed by atoms with van der Waals surface area (Å²) in [5.74, 6) is 1.05. The van der Waals surface area contributed by atoms with E-state index in [4.69, 9.17) is 8.92 Å². The lowest BCUT2D eigenvalue weighted by Crippen LogP contribution is -2.09. The van der Waals surface area contributed by atoms with Crippen LogP contribution in [0.3, 0.4) is 0 Å². The summed E-state index contributed by atoms with van der Waals surface area (Å²) in [6.45, 7) is 2.56. The Labute approximate surface area is 159 Å². The van der Waals surface area contributed by atoms with Gasteiger partial charge in [0.25, 0.3) is 0 Å². The van der Waals surface area contributed by atoms with Crippen molar-refractivity contribution in [2.24, 2.45) is 4.99 Å². The second-order valence-electron chi connectivity index (χ2n) is 5.60. The van der Waals surface area contributed by atoms with Gasteiger partial charge < -0.3 is 8.92 Å². The first-order valence-electron chi connectivity index (χ1n) is 8.43. The van der Waals surface area contributed by atoms with E-state index in [1.54, 1.807) is 48.7 Å². The average molecular weight is 381 g/mol. The van der Waals surface area contributed by atoms with Crippen molar-refractivity contribution in [3.8, 4) is 11.5 Å². The van der Waals surface area contributed by atoms with Gasteiger partial charge in [-0.05, 0) is 73.2 Å². The smallest absolute Gasteiger partial charge is 0.339 e. The maximum absolute atomic E-state index is 12.2. The van der Waals surface area contributed by atoms with Gasteiger partial charge in [0.2, 0.25) is 0 Å². The normalized spacial score (nSPS) is 11.4. The van der Waals surface area contributed by atoms with Crippen molar-refractivity contribution >= 4 is 22.0 Å². The molecule has 0 N–H and O–H groups in total. The molecule has 0 aliphatic heterocycles. The summed E-state index contributed by atoms with van der Waals surface area (Å²) >= 11 is 0. The van der Waals surface area contributed by atoms with E-state index in [2.05, 4.69) is 4.99 Å². The molecule has 3 aromatic carbocycles. The second kappa shape index (κ2) is 8.51. The lowest BCUT2D eigenvalue weighted by atomic mass is 10.2. The lowest BCUT2D eigenvalue weighted by Gasteiger charge is -2.07. The molecule has 27 heavy (non-hydrogen) atoms.